The smallest absolute Gasteiger partial charge is 0.180 e. The van der Waals surface area contributed by atoms with Gasteiger partial charge in [0, 0.05) is 18.5 Å². The van der Waals surface area contributed by atoms with Gasteiger partial charge in [-0.1, -0.05) is 18.3 Å². The van der Waals surface area contributed by atoms with Gasteiger partial charge in [-0.15, -0.1) is 10.2 Å². The highest BCUT2D eigenvalue weighted by Gasteiger charge is 2.13. The lowest BCUT2D eigenvalue weighted by Gasteiger charge is -2.11. The van der Waals surface area contributed by atoms with Crippen molar-refractivity contribution in [3.63, 3.8) is 0 Å². The lowest BCUT2D eigenvalue weighted by atomic mass is 10.3. The monoisotopic (exact) mass is 295 g/mol. The molecule has 2 heterocycles. The van der Waals surface area contributed by atoms with Crippen molar-refractivity contribution in [1.82, 2.24) is 20.2 Å². The molecular formula is C12H17N5S2. The number of hydrogen-bond donors (Lipinski definition) is 1. The number of rotatable bonds is 5. The number of nitrogens with one attached hydrogen (secondary N) is 1. The first-order chi connectivity index (χ1) is 9.13. The zero-order valence-electron chi connectivity index (χ0n) is 11.5. The molecule has 2 aromatic heterocycles. The van der Waals surface area contributed by atoms with Gasteiger partial charge in [-0.3, -0.25) is 0 Å². The third-order valence-corrected chi connectivity index (χ3v) is 4.48. The molecule has 7 heteroatoms. The first-order valence-corrected chi connectivity index (χ1v) is 7.86. The number of hydrogen-bond acceptors (Lipinski definition) is 7. The van der Waals surface area contributed by atoms with Crippen LogP contribution < -0.4 is 5.32 Å². The van der Waals surface area contributed by atoms with Gasteiger partial charge in [-0.2, -0.15) is 0 Å². The minimum absolute atomic E-state index is 0.821. The van der Waals surface area contributed by atoms with Gasteiger partial charge in [0.1, 0.15) is 21.7 Å². The van der Waals surface area contributed by atoms with Crippen LogP contribution in [0.3, 0.4) is 0 Å². The van der Waals surface area contributed by atoms with Crippen molar-refractivity contribution in [3.8, 4) is 0 Å². The summed E-state index contributed by atoms with van der Waals surface area (Å²) in [6.07, 6.45) is 0.821. The highest BCUT2D eigenvalue weighted by atomic mass is 32.2. The van der Waals surface area contributed by atoms with Gasteiger partial charge in [-0.05, 0) is 32.5 Å². The van der Waals surface area contributed by atoms with Gasteiger partial charge in [0.25, 0.3) is 0 Å². The van der Waals surface area contributed by atoms with E-state index in [1.165, 1.54) is 0 Å². The molecule has 102 valence electrons. The number of aromatic nitrogens is 4. The molecule has 0 aliphatic heterocycles. The Morgan fingerprint density at radius 1 is 1.16 bits per heavy atom. The van der Waals surface area contributed by atoms with E-state index in [4.69, 9.17) is 0 Å². The molecule has 0 spiro atoms. The van der Waals surface area contributed by atoms with Crippen molar-refractivity contribution in [2.45, 2.75) is 43.5 Å². The third kappa shape index (κ3) is 3.42. The molecule has 0 saturated heterocycles. The lowest BCUT2D eigenvalue weighted by Crippen LogP contribution is -2.07. The van der Waals surface area contributed by atoms with Gasteiger partial charge in [-0.25, -0.2) is 9.97 Å². The first kappa shape index (κ1) is 14.2. The van der Waals surface area contributed by atoms with Crippen molar-refractivity contribution in [2.24, 2.45) is 0 Å². The molecular weight excluding hydrogens is 278 g/mol. The van der Waals surface area contributed by atoms with Gasteiger partial charge in [0.05, 0.1) is 0 Å². The Morgan fingerprint density at radius 2 is 1.95 bits per heavy atom. The Hall–Kier alpha value is -1.21. The number of anilines is 1. The predicted molar refractivity (Wildman–Crippen MR) is 79.1 cm³/mol. The van der Waals surface area contributed by atoms with Crippen LogP contribution in [0, 0.1) is 13.8 Å². The van der Waals surface area contributed by atoms with Crippen LogP contribution >= 0.6 is 23.1 Å². The molecule has 0 amide bonds. The zero-order valence-corrected chi connectivity index (χ0v) is 13.2. The average Bonchev–Trinajstić information content (AvgIpc) is 2.80. The van der Waals surface area contributed by atoms with E-state index in [-0.39, 0.29) is 0 Å². The van der Waals surface area contributed by atoms with Crippen LogP contribution in [0.5, 0.6) is 0 Å². The molecule has 0 bridgehead atoms. The molecule has 1 N–H and O–H groups in total. The Labute approximate surface area is 121 Å². The molecule has 2 aromatic rings. The fraction of sp³-hybridized carbons (Fsp3) is 0.500. The van der Waals surface area contributed by atoms with Crippen LogP contribution in [0.2, 0.25) is 0 Å². The van der Waals surface area contributed by atoms with E-state index in [9.17, 15) is 0 Å². The molecule has 2 rings (SSSR count). The molecule has 0 aromatic carbocycles. The summed E-state index contributed by atoms with van der Waals surface area (Å²) in [6.45, 7) is 8.96. The quantitative estimate of drug-likeness (QED) is 0.855. The molecule has 0 unspecified atom stereocenters. The second-order valence-electron chi connectivity index (χ2n) is 3.99. The van der Waals surface area contributed by atoms with E-state index in [2.05, 4.69) is 39.3 Å². The molecule has 0 aliphatic carbocycles. The largest absolute Gasteiger partial charge is 0.370 e. The summed E-state index contributed by atoms with van der Waals surface area (Å²) >= 11 is 3.14. The number of aryl methyl sites for hydroxylation is 2. The second-order valence-corrected chi connectivity index (χ2v) is 6.41. The minimum Gasteiger partial charge on any atom is -0.370 e. The average molecular weight is 295 g/mol. The fourth-order valence-electron chi connectivity index (χ4n) is 1.54. The van der Waals surface area contributed by atoms with Crippen molar-refractivity contribution in [2.75, 3.05) is 11.9 Å². The third-order valence-electron chi connectivity index (χ3n) is 2.50. The first-order valence-electron chi connectivity index (χ1n) is 6.23. The van der Waals surface area contributed by atoms with Crippen molar-refractivity contribution >= 4 is 28.9 Å². The van der Waals surface area contributed by atoms with Crippen molar-refractivity contribution in [1.29, 1.82) is 0 Å². The zero-order chi connectivity index (χ0) is 13.8. The molecule has 0 fully saturated rings. The summed E-state index contributed by atoms with van der Waals surface area (Å²) in [4.78, 5) is 9.11. The molecule has 19 heavy (non-hydrogen) atoms. The minimum atomic E-state index is 0.821. The Balaban J connectivity index is 2.35. The van der Waals surface area contributed by atoms with E-state index < -0.39 is 0 Å². The van der Waals surface area contributed by atoms with Gasteiger partial charge in [0.15, 0.2) is 4.34 Å². The maximum absolute atomic E-state index is 4.59. The van der Waals surface area contributed by atoms with Crippen LogP contribution in [-0.4, -0.2) is 26.7 Å². The molecule has 0 atom stereocenters. The summed E-state index contributed by atoms with van der Waals surface area (Å²) < 4.78 is 0.920. The van der Waals surface area contributed by atoms with Gasteiger partial charge >= 0.3 is 0 Å². The highest BCUT2D eigenvalue weighted by Crippen LogP contribution is 2.32. The van der Waals surface area contributed by atoms with Crippen molar-refractivity contribution in [3.05, 3.63) is 16.4 Å². The summed E-state index contributed by atoms with van der Waals surface area (Å²) in [5, 5.41) is 13.4. The standard InChI is InChI=1S/C12H17N5S2/c1-5-9-14-10(13-6-2)7(3)11(15-9)19-12-17-16-8(4)18-12/h5-6H2,1-4H3,(H,13,14,15). The van der Waals surface area contributed by atoms with Gasteiger partial charge in [0.2, 0.25) is 0 Å². The SMILES string of the molecule is CCNc1nc(CC)nc(Sc2nnc(C)s2)c1C. The summed E-state index contributed by atoms with van der Waals surface area (Å²) in [5.74, 6) is 1.77. The fourth-order valence-corrected chi connectivity index (χ4v) is 3.37. The summed E-state index contributed by atoms with van der Waals surface area (Å²) in [7, 11) is 0. The van der Waals surface area contributed by atoms with Crippen LogP contribution in [0.1, 0.15) is 30.2 Å². The van der Waals surface area contributed by atoms with Crippen LogP contribution in [-0.2, 0) is 6.42 Å². The molecule has 0 radical (unpaired) electrons. The lowest BCUT2D eigenvalue weighted by molar-refractivity contribution is 0.868. The predicted octanol–water partition coefficient (Wildman–Crippen LogP) is 3.09. The molecule has 0 aliphatic rings. The Morgan fingerprint density at radius 3 is 2.53 bits per heavy atom. The summed E-state index contributed by atoms with van der Waals surface area (Å²) in [6, 6.07) is 0. The molecule has 5 nitrogen and oxygen atoms in total. The van der Waals surface area contributed by atoms with Crippen molar-refractivity contribution < 1.29 is 0 Å². The van der Waals surface area contributed by atoms with E-state index in [1.54, 1.807) is 23.1 Å². The Kier molecular flexibility index (Phi) is 4.71. The molecule has 0 saturated carbocycles. The normalized spacial score (nSPS) is 10.7. The maximum atomic E-state index is 4.59. The maximum Gasteiger partial charge on any atom is 0.180 e. The Bertz CT molecular complexity index is 567. The van der Waals surface area contributed by atoms with Crippen LogP contribution in [0.25, 0.3) is 0 Å². The second kappa shape index (κ2) is 6.29. The highest BCUT2D eigenvalue weighted by molar-refractivity contribution is 8.01. The van der Waals surface area contributed by atoms with Gasteiger partial charge < -0.3 is 5.32 Å². The number of nitrogens with zero attached hydrogens (tertiary/aromatic N) is 4. The van der Waals surface area contributed by atoms with Crippen LogP contribution in [0.15, 0.2) is 9.37 Å². The van der Waals surface area contributed by atoms with E-state index >= 15 is 0 Å². The van der Waals surface area contributed by atoms with E-state index in [0.29, 0.717) is 0 Å². The van der Waals surface area contributed by atoms with E-state index in [1.807, 2.05) is 13.8 Å². The topological polar surface area (TPSA) is 63.6 Å². The van der Waals surface area contributed by atoms with E-state index in [0.717, 1.165) is 44.5 Å². The van der Waals surface area contributed by atoms with Crippen LogP contribution in [0.4, 0.5) is 5.82 Å². The summed E-state index contributed by atoms with van der Waals surface area (Å²) in [5.41, 5.74) is 1.07.